The third-order valence-electron chi connectivity index (χ3n) is 3.65. The largest absolute Gasteiger partial charge is 0.377 e. The molecule has 0 heterocycles. The summed E-state index contributed by atoms with van der Waals surface area (Å²) < 4.78 is 19.4. The Labute approximate surface area is 127 Å². The Bertz CT molecular complexity index is 446. The second kappa shape index (κ2) is 7.87. The van der Waals surface area contributed by atoms with Crippen LogP contribution in [0.25, 0.3) is 0 Å². The molecule has 21 heavy (non-hydrogen) atoms. The van der Waals surface area contributed by atoms with Gasteiger partial charge in [0.1, 0.15) is 5.82 Å². The van der Waals surface area contributed by atoms with Crippen LogP contribution in [0.15, 0.2) is 18.2 Å². The van der Waals surface area contributed by atoms with Gasteiger partial charge in [-0.15, -0.1) is 0 Å². The van der Waals surface area contributed by atoms with Crippen molar-refractivity contribution in [1.82, 2.24) is 10.2 Å². The fourth-order valence-corrected chi connectivity index (χ4v) is 2.22. The maximum absolute atomic E-state index is 13.9. The molecule has 1 aromatic carbocycles. The van der Waals surface area contributed by atoms with Crippen LogP contribution in [0, 0.1) is 5.82 Å². The third kappa shape index (κ3) is 6.12. The zero-order valence-electron chi connectivity index (χ0n) is 13.4. The van der Waals surface area contributed by atoms with E-state index in [1.807, 2.05) is 33.0 Å². The molecule has 0 unspecified atom stereocenters. The molecule has 118 valence electrons. The highest BCUT2D eigenvalue weighted by Crippen LogP contribution is 2.20. The van der Waals surface area contributed by atoms with Crippen molar-refractivity contribution in [2.24, 2.45) is 0 Å². The molecule has 2 rings (SSSR count). The minimum Gasteiger partial charge on any atom is -0.377 e. The van der Waals surface area contributed by atoms with Crippen LogP contribution in [0.3, 0.4) is 0 Å². The predicted molar refractivity (Wildman–Crippen MR) is 83.7 cm³/mol. The fraction of sp³-hybridized carbons (Fsp3) is 0.647. The Kier molecular flexibility index (Phi) is 6.15. The summed E-state index contributed by atoms with van der Waals surface area (Å²) in [7, 11) is 2.00. The molecular formula is C17H27FN2O. The molecule has 0 amide bonds. The van der Waals surface area contributed by atoms with E-state index in [4.69, 9.17) is 4.74 Å². The van der Waals surface area contributed by atoms with Gasteiger partial charge in [-0.1, -0.05) is 12.1 Å². The minimum absolute atomic E-state index is 0.123. The van der Waals surface area contributed by atoms with E-state index in [2.05, 4.69) is 10.2 Å². The predicted octanol–water partition coefficient (Wildman–Crippen LogP) is 2.93. The second-order valence-corrected chi connectivity index (χ2v) is 6.24. The lowest BCUT2D eigenvalue weighted by atomic mass is 10.1. The van der Waals surface area contributed by atoms with Crippen LogP contribution in [-0.4, -0.2) is 37.2 Å². The number of nitrogens with one attached hydrogen (secondary N) is 1. The minimum atomic E-state index is -0.123. The highest BCUT2D eigenvalue weighted by atomic mass is 19.1. The van der Waals surface area contributed by atoms with Gasteiger partial charge in [0.05, 0.1) is 12.7 Å². The number of hydrogen-bond donors (Lipinski definition) is 1. The van der Waals surface area contributed by atoms with Crippen molar-refractivity contribution in [3.8, 4) is 0 Å². The molecule has 0 spiro atoms. The van der Waals surface area contributed by atoms with Crippen molar-refractivity contribution in [3.63, 3.8) is 0 Å². The van der Waals surface area contributed by atoms with Crippen molar-refractivity contribution < 1.29 is 9.13 Å². The van der Waals surface area contributed by atoms with Gasteiger partial charge >= 0.3 is 0 Å². The number of nitrogens with zero attached hydrogens (tertiary/aromatic N) is 1. The molecule has 0 radical (unpaired) electrons. The molecular weight excluding hydrogens is 267 g/mol. The summed E-state index contributed by atoms with van der Waals surface area (Å²) in [5.74, 6) is -0.123. The van der Waals surface area contributed by atoms with E-state index in [-0.39, 0.29) is 11.9 Å². The van der Waals surface area contributed by atoms with Gasteiger partial charge in [-0.2, -0.15) is 0 Å². The highest BCUT2D eigenvalue weighted by molar-refractivity contribution is 5.25. The summed E-state index contributed by atoms with van der Waals surface area (Å²) in [6.45, 7) is 6.98. The topological polar surface area (TPSA) is 24.5 Å². The summed E-state index contributed by atoms with van der Waals surface area (Å²) in [5, 5.41) is 3.46. The van der Waals surface area contributed by atoms with Gasteiger partial charge in [0.2, 0.25) is 0 Å². The summed E-state index contributed by atoms with van der Waals surface area (Å²) in [4.78, 5) is 2.10. The van der Waals surface area contributed by atoms with Crippen molar-refractivity contribution in [1.29, 1.82) is 0 Å². The quantitative estimate of drug-likeness (QED) is 0.758. The van der Waals surface area contributed by atoms with Crippen molar-refractivity contribution in [3.05, 3.63) is 35.1 Å². The standard InChI is InChI=1S/C17H27FN2O/c1-13(2)21-9-8-20(3)12-15-10-14(4-7-17(15)18)11-19-16-5-6-16/h4,7,10,13,16,19H,5-6,8-9,11-12H2,1-3H3. The van der Waals surface area contributed by atoms with Gasteiger partial charge in [-0.05, 0) is 45.4 Å². The normalized spacial score (nSPS) is 15.1. The summed E-state index contributed by atoms with van der Waals surface area (Å²) >= 11 is 0. The molecule has 1 N–H and O–H groups in total. The smallest absolute Gasteiger partial charge is 0.127 e. The van der Waals surface area contributed by atoms with Crippen LogP contribution in [0.1, 0.15) is 37.8 Å². The molecule has 1 aliphatic carbocycles. The average molecular weight is 294 g/mol. The lowest BCUT2D eigenvalue weighted by molar-refractivity contribution is 0.0625. The van der Waals surface area contributed by atoms with Crippen LogP contribution in [0.4, 0.5) is 4.39 Å². The fourth-order valence-electron chi connectivity index (χ4n) is 2.22. The maximum atomic E-state index is 13.9. The molecule has 1 fully saturated rings. The van der Waals surface area contributed by atoms with E-state index in [1.165, 1.54) is 12.8 Å². The van der Waals surface area contributed by atoms with E-state index in [9.17, 15) is 4.39 Å². The Morgan fingerprint density at radius 3 is 2.81 bits per heavy atom. The molecule has 4 heteroatoms. The Morgan fingerprint density at radius 1 is 1.38 bits per heavy atom. The molecule has 1 aromatic rings. The molecule has 0 aromatic heterocycles. The van der Waals surface area contributed by atoms with Gasteiger partial charge < -0.3 is 10.1 Å². The van der Waals surface area contributed by atoms with Crippen LogP contribution in [-0.2, 0) is 17.8 Å². The van der Waals surface area contributed by atoms with E-state index in [0.717, 1.165) is 24.2 Å². The van der Waals surface area contributed by atoms with Crippen molar-refractivity contribution >= 4 is 0 Å². The summed E-state index contributed by atoms with van der Waals surface area (Å²) in [6.07, 6.45) is 2.78. The lowest BCUT2D eigenvalue weighted by Crippen LogP contribution is -2.24. The molecule has 0 atom stereocenters. The monoisotopic (exact) mass is 294 g/mol. The lowest BCUT2D eigenvalue weighted by Gasteiger charge is -2.18. The number of hydrogen-bond acceptors (Lipinski definition) is 3. The Balaban J connectivity index is 1.83. The van der Waals surface area contributed by atoms with E-state index in [1.54, 1.807) is 6.07 Å². The maximum Gasteiger partial charge on any atom is 0.127 e. The first-order chi connectivity index (χ1) is 10.0. The Hall–Kier alpha value is -0.970. The van der Waals surface area contributed by atoms with Gasteiger partial charge in [0.25, 0.3) is 0 Å². The van der Waals surface area contributed by atoms with Crippen molar-refractivity contribution in [2.45, 2.75) is 51.9 Å². The van der Waals surface area contributed by atoms with Crippen LogP contribution < -0.4 is 5.32 Å². The molecule has 3 nitrogen and oxygen atoms in total. The van der Waals surface area contributed by atoms with Gasteiger partial charge in [-0.25, -0.2) is 4.39 Å². The zero-order chi connectivity index (χ0) is 15.2. The third-order valence-corrected chi connectivity index (χ3v) is 3.65. The van der Waals surface area contributed by atoms with E-state index in [0.29, 0.717) is 19.2 Å². The number of likely N-dealkylation sites (N-methyl/N-ethyl adjacent to an activating group) is 1. The Morgan fingerprint density at radius 2 is 2.14 bits per heavy atom. The van der Waals surface area contributed by atoms with Crippen molar-refractivity contribution in [2.75, 3.05) is 20.2 Å². The molecule has 0 saturated heterocycles. The molecule has 0 bridgehead atoms. The highest BCUT2D eigenvalue weighted by Gasteiger charge is 2.20. The average Bonchev–Trinajstić information content (AvgIpc) is 3.23. The zero-order valence-corrected chi connectivity index (χ0v) is 13.4. The number of rotatable bonds is 9. The van der Waals surface area contributed by atoms with Gasteiger partial charge in [-0.3, -0.25) is 4.90 Å². The number of halogens is 1. The number of ether oxygens (including phenoxy) is 1. The van der Waals surface area contributed by atoms with Crippen LogP contribution >= 0.6 is 0 Å². The van der Waals surface area contributed by atoms with E-state index >= 15 is 0 Å². The van der Waals surface area contributed by atoms with E-state index < -0.39 is 0 Å². The molecule has 1 saturated carbocycles. The van der Waals surface area contributed by atoms with Gasteiger partial charge in [0, 0.05) is 31.2 Å². The first kappa shape index (κ1) is 16.4. The van der Waals surface area contributed by atoms with Gasteiger partial charge in [0.15, 0.2) is 0 Å². The first-order valence-corrected chi connectivity index (χ1v) is 7.85. The second-order valence-electron chi connectivity index (χ2n) is 6.24. The summed E-state index contributed by atoms with van der Waals surface area (Å²) in [5.41, 5.74) is 1.92. The first-order valence-electron chi connectivity index (χ1n) is 7.85. The van der Waals surface area contributed by atoms with Crippen LogP contribution in [0.5, 0.6) is 0 Å². The SMILES string of the molecule is CC(C)OCCN(C)Cc1cc(CNC2CC2)ccc1F. The molecule has 0 aliphatic heterocycles. The summed E-state index contributed by atoms with van der Waals surface area (Å²) in [6, 6.07) is 6.10. The number of benzene rings is 1. The van der Waals surface area contributed by atoms with Crippen LogP contribution in [0.2, 0.25) is 0 Å². The molecule has 1 aliphatic rings.